The van der Waals surface area contributed by atoms with Crippen LogP contribution in [0.5, 0.6) is 5.75 Å². The highest BCUT2D eigenvalue weighted by Gasteiger charge is 2.23. The van der Waals surface area contributed by atoms with Crippen molar-refractivity contribution in [1.82, 2.24) is 5.32 Å². The average Bonchev–Trinajstić information content (AvgIpc) is 2.52. The van der Waals surface area contributed by atoms with Crippen LogP contribution in [0.15, 0.2) is 21.3 Å². The summed E-state index contributed by atoms with van der Waals surface area (Å²) < 4.78 is 15.6. The van der Waals surface area contributed by atoms with E-state index in [-0.39, 0.29) is 16.4 Å². The summed E-state index contributed by atoms with van der Waals surface area (Å²) in [4.78, 5) is 35.9. The van der Waals surface area contributed by atoms with Crippen molar-refractivity contribution in [3.05, 3.63) is 38.7 Å². The Kier molecular flexibility index (Phi) is 5.85. The highest BCUT2D eigenvalue weighted by Crippen LogP contribution is 2.32. The number of halogens is 1. The third-order valence-corrected chi connectivity index (χ3v) is 4.10. The number of carbonyl (C=O) groups is 2. The van der Waals surface area contributed by atoms with E-state index < -0.39 is 29.3 Å². The molecule has 1 heterocycles. The minimum Gasteiger partial charge on any atom is -0.444 e. The Bertz CT molecular complexity index is 957. The summed E-state index contributed by atoms with van der Waals surface area (Å²) in [6, 6.07) is 1.97. The zero-order valence-corrected chi connectivity index (χ0v) is 16.8. The van der Waals surface area contributed by atoms with Gasteiger partial charge in [-0.25, -0.2) is 14.4 Å². The van der Waals surface area contributed by atoms with E-state index in [0.717, 1.165) is 5.56 Å². The molecule has 1 N–H and O–H groups in total. The lowest BCUT2D eigenvalue weighted by molar-refractivity contribution is -0.136. The number of amides is 1. The van der Waals surface area contributed by atoms with Crippen molar-refractivity contribution >= 4 is 34.6 Å². The second-order valence-electron chi connectivity index (χ2n) is 7.21. The Labute approximate surface area is 161 Å². The van der Waals surface area contributed by atoms with Crippen LogP contribution in [0.4, 0.5) is 4.79 Å². The molecule has 1 aromatic heterocycles. The largest absolute Gasteiger partial charge is 0.444 e. The van der Waals surface area contributed by atoms with E-state index in [1.165, 1.54) is 13.0 Å². The molecule has 0 fully saturated rings. The number of benzene rings is 1. The molecule has 8 heteroatoms. The van der Waals surface area contributed by atoms with Crippen molar-refractivity contribution < 1.29 is 23.5 Å². The standard InChI is InChI=1S/C19H22ClNO6/c1-9-10(2)16(22)25-14-8-15(13(20)7-12(9)14)26-17(23)11(3)21-18(24)27-19(4,5)6/h7-8,11H,1-6H3,(H,21,24). The molecule has 0 bridgehead atoms. The molecule has 0 saturated carbocycles. The number of esters is 1. The van der Waals surface area contributed by atoms with Crippen molar-refractivity contribution in [2.24, 2.45) is 0 Å². The molecule has 0 aliphatic rings. The van der Waals surface area contributed by atoms with Gasteiger partial charge in [-0.2, -0.15) is 0 Å². The van der Waals surface area contributed by atoms with E-state index in [1.54, 1.807) is 40.7 Å². The van der Waals surface area contributed by atoms with Crippen LogP contribution in [0.3, 0.4) is 0 Å². The number of fused-ring (bicyclic) bond motifs is 1. The molecular formula is C19H22ClNO6. The minimum atomic E-state index is -0.974. The predicted octanol–water partition coefficient (Wildman–Crippen LogP) is 3.88. The first kappa shape index (κ1) is 20.8. The van der Waals surface area contributed by atoms with Crippen LogP contribution in [-0.2, 0) is 9.53 Å². The molecule has 27 heavy (non-hydrogen) atoms. The number of aryl methyl sites for hydroxylation is 1. The van der Waals surface area contributed by atoms with Crippen LogP contribution in [0.1, 0.15) is 38.8 Å². The van der Waals surface area contributed by atoms with E-state index in [2.05, 4.69) is 5.32 Å². The number of nitrogens with one attached hydrogen (secondary N) is 1. The molecule has 1 amide bonds. The lowest BCUT2D eigenvalue weighted by atomic mass is 10.1. The molecule has 1 aromatic carbocycles. The summed E-state index contributed by atoms with van der Waals surface area (Å²) in [5, 5.41) is 3.21. The SMILES string of the molecule is Cc1c(C)c2cc(Cl)c(OC(=O)C(C)NC(=O)OC(C)(C)C)cc2oc1=O. The maximum Gasteiger partial charge on any atom is 0.408 e. The van der Waals surface area contributed by atoms with Gasteiger partial charge in [-0.15, -0.1) is 0 Å². The van der Waals surface area contributed by atoms with Crippen molar-refractivity contribution in [1.29, 1.82) is 0 Å². The molecule has 1 atom stereocenters. The number of alkyl carbamates (subject to hydrolysis) is 1. The molecule has 0 spiro atoms. The molecule has 7 nitrogen and oxygen atoms in total. The van der Waals surface area contributed by atoms with Crippen molar-refractivity contribution in [3.8, 4) is 5.75 Å². The molecule has 1 unspecified atom stereocenters. The van der Waals surface area contributed by atoms with Gasteiger partial charge in [0.25, 0.3) is 0 Å². The van der Waals surface area contributed by atoms with Crippen LogP contribution in [0.2, 0.25) is 5.02 Å². The first-order valence-corrected chi connectivity index (χ1v) is 8.71. The molecule has 0 aliphatic carbocycles. The quantitative estimate of drug-likeness (QED) is 0.481. The van der Waals surface area contributed by atoms with Crippen molar-refractivity contribution in [3.63, 3.8) is 0 Å². The van der Waals surface area contributed by atoms with Crippen LogP contribution >= 0.6 is 11.6 Å². The fraction of sp³-hybridized carbons (Fsp3) is 0.421. The monoisotopic (exact) mass is 395 g/mol. The van der Waals surface area contributed by atoms with Gasteiger partial charge in [0.15, 0.2) is 5.75 Å². The number of hydrogen-bond donors (Lipinski definition) is 1. The third-order valence-electron chi connectivity index (χ3n) is 3.81. The van der Waals surface area contributed by atoms with Crippen LogP contribution in [0.25, 0.3) is 11.0 Å². The van der Waals surface area contributed by atoms with Gasteiger partial charge in [0.2, 0.25) is 0 Å². The first-order valence-electron chi connectivity index (χ1n) is 8.34. The molecule has 146 valence electrons. The van der Waals surface area contributed by atoms with Gasteiger partial charge in [0.05, 0.1) is 5.02 Å². The van der Waals surface area contributed by atoms with E-state index in [9.17, 15) is 14.4 Å². The number of rotatable bonds is 3. The van der Waals surface area contributed by atoms with Crippen LogP contribution in [-0.4, -0.2) is 23.7 Å². The Morgan fingerprint density at radius 3 is 2.41 bits per heavy atom. The molecule has 0 aliphatic heterocycles. The van der Waals surface area contributed by atoms with Gasteiger partial charge in [-0.3, -0.25) is 0 Å². The summed E-state index contributed by atoms with van der Waals surface area (Å²) in [6.45, 7) is 10.0. The summed E-state index contributed by atoms with van der Waals surface area (Å²) >= 11 is 6.20. The number of hydrogen-bond acceptors (Lipinski definition) is 6. The maximum absolute atomic E-state index is 12.2. The summed E-state index contributed by atoms with van der Waals surface area (Å²) in [5.74, 6) is -0.716. The van der Waals surface area contributed by atoms with Gasteiger partial charge in [-0.1, -0.05) is 11.6 Å². The zero-order chi connectivity index (χ0) is 20.5. The van der Waals surface area contributed by atoms with E-state index >= 15 is 0 Å². The second kappa shape index (κ2) is 7.60. The fourth-order valence-electron chi connectivity index (χ4n) is 2.26. The zero-order valence-electron chi connectivity index (χ0n) is 16.1. The third kappa shape index (κ3) is 5.01. The number of ether oxygens (including phenoxy) is 2. The molecular weight excluding hydrogens is 374 g/mol. The Hall–Kier alpha value is -2.54. The van der Waals surface area contributed by atoms with Crippen molar-refractivity contribution in [2.75, 3.05) is 0 Å². The molecule has 0 saturated heterocycles. The fourth-order valence-corrected chi connectivity index (χ4v) is 2.46. The van der Waals surface area contributed by atoms with Crippen LogP contribution in [0, 0.1) is 13.8 Å². The normalized spacial score (nSPS) is 12.6. The summed E-state index contributed by atoms with van der Waals surface area (Å²) in [5.41, 5.74) is 0.310. The molecule has 2 aromatic rings. The molecule has 2 rings (SSSR count). The lowest BCUT2D eigenvalue weighted by Gasteiger charge is -2.21. The van der Waals surface area contributed by atoms with Gasteiger partial charge in [-0.05, 0) is 53.2 Å². The highest BCUT2D eigenvalue weighted by atomic mass is 35.5. The number of carbonyl (C=O) groups excluding carboxylic acids is 2. The van der Waals surface area contributed by atoms with Crippen LogP contribution < -0.4 is 15.7 Å². The first-order chi connectivity index (χ1) is 12.4. The van der Waals surface area contributed by atoms with E-state index in [0.29, 0.717) is 10.9 Å². The van der Waals surface area contributed by atoms with Gasteiger partial charge in [0.1, 0.15) is 17.2 Å². The minimum absolute atomic E-state index is 0.0263. The average molecular weight is 396 g/mol. The smallest absolute Gasteiger partial charge is 0.408 e. The topological polar surface area (TPSA) is 94.8 Å². The van der Waals surface area contributed by atoms with Gasteiger partial charge < -0.3 is 19.2 Å². The van der Waals surface area contributed by atoms with E-state index in [1.807, 2.05) is 0 Å². The van der Waals surface area contributed by atoms with Gasteiger partial charge in [0, 0.05) is 17.0 Å². The van der Waals surface area contributed by atoms with E-state index in [4.69, 9.17) is 25.5 Å². The maximum atomic E-state index is 12.2. The summed E-state index contributed by atoms with van der Waals surface area (Å²) in [7, 11) is 0. The Morgan fingerprint density at radius 1 is 1.19 bits per heavy atom. The summed E-state index contributed by atoms with van der Waals surface area (Å²) in [6.07, 6.45) is -0.742. The highest BCUT2D eigenvalue weighted by molar-refractivity contribution is 6.33. The predicted molar refractivity (Wildman–Crippen MR) is 101 cm³/mol. The Balaban J connectivity index is 2.21. The Morgan fingerprint density at radius 2 is 1.81 bits per heavy atom. The van der Waals surface area contributed by atoms with Gasteiger partial charge >= 0.3 is 17.7 Å². The lowest BCUT2D eigenvalue weighted by Crippen LogP contribution is -2.43. The molecule has 0 radical (unpaired) electrons. The van der Waals surface area contributed by atoms with Crippen molar-refractivity contribution in [2.45, 2.75) is 53.2 Å². The second-order valence-corrected chi connectivity index (χ2v) is 7.61.